The summed E-state index contributed by atoms with van der Waals surface area (Å²) >= 11 is 6.11. The predicted molar refractivity (Wildman–Crippen MR) is 127 cm³/mol. The summed E-state index contributed by atoms with van der Waals surface area (Å²) in [5.41, 5.74) is -0.284. The predicted octanol–water partition coefficient (Wildman–Crippen LogP) is 3.80. The molecule has 0 radical (unpaired) electrons. The van der Waals surface area contributed by atoms with Gasteiger partial charge in [0, 0.05) is 5.54 Å². The van der Waals surface area contributed by atoms with Crippen molar-refractivity contribution in [3.63, 3.8) is 0 Å². The van der Waals surface area contributed by atoms with Crippen LogP contribution in [0.2, 0.25) is 5.02 Å². The zero-order valence-corrected chi connectivity index (χ0v) is 20.5. The molecule has 0 aliphatic heterocycles. The first kappa shape index (κ1) is 26.2. The quantitative estimate of drug-likeness (QED) is 0.420. The van der Waals surface area contributed by atoms with Crippen LogP contribution in [0.3, 0.4) is 0 Å². The fourth-order valence-electron chi connectivity index (χ4n) is 2.82. The second-order valence-corrected chi connectivity index (χ2v) is 10.3. The van der Waals surface area contributed by atoms with Crippen LogP contribution in [0.25, 0.3) is 0 Å². The van der Waals surface area contributed by atoms with Crippen LogP contribution in [0.15, 0.2) is 60.0 Å². The Morgan fingerprint density at radius 2 is 1.79 bits per heavy atom. The number of carbonyl (C=O) groups excluding carboxylic acids is 2. The topological polar surface area (TPSA) is 102 Å². The second-order valence-electron chi connectivity index (χ2n) is 8.04. The molecule has 1 amide bonds. The number of halogens is 1. The number of esters is 1. The summed E-state index contributed by atoms with van der Waals surface area (Å²) < 4.78 is 38.0. The van der Waals surface area contributed by atoms with Crippen molar-refractivity contribution in [3.05, 3.63) is 65.7 Å². The number of benzene rings is 2. The van der Waals surface area contributed by atoms with Crippen molar-refractivity contribution in [1.82, 2.24) is 5.32 Å². The van der Waals surface area contributed by atoms with Crippen LogP contribution in [0.5, 0.6) is 5.75 Å². The number of carbonyl (C=O) groups is 2. The van der Waals surface area contributed by atoms with Crippen LogP contribution < -0.4 is 14.4 Å². The van der Waals surface area contributed by atoms with Gasteiger partial charge in [-0.1, -0.05) is 17.7 Å². The molecule has 8 nitrogen and oxygen atoms in total. The molecule has 0 bridgehead atoms. The molecule has 0 atom stereocenters. The van der Waals surface area contributed by atoms with E-state index in [9.17, 15) is 18.0 Å². The lowest BCUT2D eigenvalue weighted by Crippen LogP contribution is -2.42. The van der Waals surface area contributed by atoms with Gasteiger partial charge in [0.15, 0.2) is 6.61 Å². The number of methoxy groups -OCH3 is 1. The van der Waals surface area contributed by atoms with Crippen LogP contribution in [-0.2, 0) is 19.6 Å². The number of hydrogen-bond donors (Lipinski definition) is 1. The van der Waals surface area contributed by atoms with Gasteiger partial charge in [-0.2, -0.15) is 0 Å². The average molecular weight is 495 g/mol. The summed E-state index contributed by atoms with van der Waals surface area (Å²) in [5.74, 6) is -0.838. The highest BCUT2D eigenvalue weighted by atomic mass is 35.5. The van der Waals surface area contributed by atoms with E-state index in [0.717, 1.165) is 10.4 Å². The Morgan fingerprint density at radius 3 is 2.33 bits per heavy atom. The normalized spacial score (nSPS) is 11.4. The van der Waals surface area contributed by atoms with Crippen molar-refractivity contribution in [2.45, 2.75) is 31.2 Å². The third-order valence-corrected chi connectivity index (χ3v) is 6.37. The fraction of sp³-hybridized carbons (Fsp3) is 0.304. The smallest absolute Gasteiger partial charge is 0.340 e. The van der Waals surface area contributed by atoms with E-state index in [1.807, 2.05) is 0 Å². The van der Waals surface area contributed by atoms with E-state index in [4.69, 9.17) is 21.1 Å². The highest BCUT2D eigenvalue weighted by Gasteiger charge is 2.27. The van der Waals surface area contributed by atoms with Crippen molar-refractivity contribution >= 4 is 39.2 Å². The molecule has 0 saturated carbocycles. The SMILES string of the molecule is C=CCN(c1ccc(OC)cc1)S(=O)(=O)c1ccc(Cl)c(C(=O)OCC(=O)NC(C)(C)C)c1. The number of hydrogen-bond acceptors (Lipinski definition) is 6. The minimum Gasteiger partial charge on any atom is -0.497 e. The number of nitrogens with zero attached hydrogens (tertiary/aromatic N) is 1. The number of anilines is 1. The maximum Gasteiger partial charge on any atom is 0.340 e. The molecule has 0 aromatic heterocycles. The number of amides is 1. The minimum atomic E-state index is -4.09. The Hall–Kier alpha value is -3.04. The van der Waals surface area contributed by atoms with E-state index in [2.05, 4.69) is 11.9 Å². The van der Waals surface area contributed by atoms with Gasteiger partial charge >= 0.3 is 5.97 Å². The molecule has 0 aliphatic carbocycles. The zero-order chi connectivity index (χ0) is 24.8. The first-order chi connectivity index (χ1) is 15.4. The third kappa shape index (κ3) is 6.97. The van der Waals surface area contributed by atoms with Gasteiger partial charge in [0.25, 0.3) is 15.9 Å². The molecule has 0 spiro atoms. The Kier molecular flexibility index (Phi) is 8.51. The monoisotopic (exact) mass is 494 g/mol. The molecular weight excluding hydrogens is 468 g/mol. The van der Waals surface area contributed by atoms with E-state index in [1.54, 1.807) is 45.0 Å². The molecule has 2 aromatic carbocycles. The van der Waals surface area contributed by atoms with Crippen LogP contribution in [0.4, 0.5) is 5.69 Å². The summed E-state index contributed by atoms with van der Waals surface area (Å²) in [5, 5.41) is 2.66. The lowest BCUT2D eigenvalue weighted by molar-refractivity contribution is -0.125. The molecule has 0 heterocycles. The molecule has 10 heteroatoms. The van der Waals surface area contributed by atoms with E-state index >= 15 is 0 Å². The average Bonchev–Trinajstić information content (AvgIpc) is 2.74. The standard InChI is InChI=1S/C23H27ClN2O6S/c1-6-13-26(16-7-9-17(31-5)10-8-16)33(29,30)18-11-12-20(24)19(14-18)22(28)32-15-21(27)25-23(2,3)4/h6-12,14H,1,13,15H2,2-5H3,(H,25,27). The van der Waals surface area contributed by atoms with Gasteiger partial charge in [-0.05, 0) is 63.2 Å². The molecule has 2 rings (SSSR count). The molecule has 0 unspecified atom stereocenters. The highest BCUT2D eigenvalue weighted by Crippen LogP contribution is 2.28. The summed E-state index contributed by atoms with van der Waals surface area (Å²) in [4.78, 5) is 24.3. The van der Waals surface area contributed by atoms with E-state index < -0.39 is 34.0 Å². The molecule has 33 heavy (non-hydrogen) atoms. The van der Waals surface area contributed by atoms with Gasteiger partial charge in [0.2, 0.25) is 0 Å². The van der Waals surface area contributed by atoms with Crippen molar-refractivity contribution in [2.75, 3.05) is 24.6 Å². The Bertz CT molecular complexity index is 1120. The van der Waals surface area contributed by atoms with Gasteiger partial charge in [-0.25, -0.2) is 13.2 Å². The third-order valence-electron chi connectivity index (χ3n) is 4.25. The summed E-state index contributed by atoms with van der Waals surface area (Å²) in [6, 6.07) is 10.2. The Balaban J connectivity index is 2.33. The lowest BCUT2D eigenvalue weighted by atomic mass is 10.1. The van der Waals surface area contributed by atoms with Crippen LogP contribution in [-0.4, -0.2) is 46.1 Å². The molecule has 0 fully saturated rings. The first-order valence-corrected chi connectivity index (χ1v) is 11.8. The minimum absolute atomic E-state index is 0.00472. The van der Waals surface area contributed by atoms with Crippen LogP contribution >= 0.6 is 11.6 Å². The second kappa shape index (κ2) is 10.7. The van der Waals surface area contributed by atoms with E-state index in [0.29, 0.717) is 11.4 Å². The molecular formula is C23H27ClN2O6S. The summed E-state index contributed by atoms with van der Waals surface area (Å²) in [7, 11) is -2.58. The van der Waals surface area contributed by atoms with Crippen LogP contribution in [0, 0.1) is 0 Å². The number of nitrogens with one attached hydrogen (secondary N) is 1. The van der Waals surface area contributed by atoms with Crippen LogP contribution in [0.1, 0.15) is 31.1 Å². The van der Waals surface area contributed by atoms with Crippen molar-refractivity contribution in [2.24, 2.45) is 0 Å². The molecule has 0 aliphatic rings. The number of rotatable bonds is 9. The largest absolute Gasteiger partial charge is 0.497 e. The van der Waals surface area contributed by atoms with Gasteiger partial charge in [0.05, 0.1) is 34.8 Å². The fourth-order valence-corrected chi connectivity index (χ4v) is 4.48. The molecule has 1 N–H and O–H groups in total. The number of ether oxygens (including phenoxy) is 2. The summed E-state index contributed by atoms with van der Waals surface area (Å²) in [6.45, 7) is 8.45. The van der Waals surface area contributed by atoms with Crippen molar-refractivity contribution in [1.29, 1.82) is 0 Å². The van der Waals surface area contributed by atoms with Gasteiger partial charge < -0.3 is 14.8 Å². The van der Waals surface area contributed by atoms with Gasteiger partial charge in [-0.3, -0.25) is 9.10 Å². The lowest BCUT2D eigenvalue weighted by Gasteiger charge is -2.23. The van der Waals surface area contributed by atoms with Gasteiger partial charge in [0.1, 0.15) is 5.75 Å². The van der Waals surface area contributed by atoms with Crippen molar-refractivity contribution < 1.29 is 27.5 Å². The number of sulfonamides is 1. The van der Waals surface area contributed by atoms with Crippen molar-refractivity contribution in [3.8, 4) is 5.75 Å². The maximum atomic E-state index is 13.4. The molecule has 2 aromatic rings. The zero-order valence-electron chi connectivity index (χ0n) is 18.9. The molecule has 178 valence electrons. The van der Waals surface area contributed by atoms with Gasteiger partial charge in [-0.15, -0.1) is 6.58 Å². The maximum absolute atomic E-state index is 13.4. The van der Waals surface area contributed by atoms with E-state index in [1.165, 1.54) is 25.3 Å². The molecule has 0 saturated heterocycles. The Labute approximate surface area is 199 Å². The highest BCUT2D eigenvalue weighted by molar-refractivity contribution is 7.92. The summed E-state index contributed by atoms with van der Waals surface area (Å²) in [6.07, 6.45) is 1.45. The Morgan fingerprint density at radius 1 is 1.15 bits per heavy atom. The first-order valence-electron chi connectivity index (χ1n) is 9.94. The van der Waals surface area contributed by atoms with E-state index in [-0.39, 0.29) is 22.0 Å².